The number of aromatic amines is 1. The fraction of sp³-hybridized carbons (Fsp3) is 0.167. The van der Waals surface area contributed by atoms with E-state index in [2.05, 4.69) is 15.0 Å². The van der Waals surface area contributed by atoms with E-state index in [9.17, 15) is 9.59 Å². The maximum absolute atomic E-state index is 12.8. The van der Waals surface area contributed by atoms with E-state index in [0.29, 0.717) is 34.0 Å². The number of ether oxygens (including phenoxy) is 1. The van der Waals surface area contributed by atoms with Gasteiger partial charge in [0.05, 0.1) is 17.8 Å². The Bertz CT molecular complexity index is 1520. The molecular formula is C24H21N5O3S. The zero-order valence-electron chi connectivity index (χ0n) is 18.1. The van der Waals surface area contributed by atoms with Gasteiger partial charge in [-0.1, -0.05) is 6.07 Å². The van der Waals surface area contributed by atoms with Crippen molar-refractivity contribution in [2.45, 2.75) is 20.1 Å². The van der Waals surface area contributed by atoms with Crippen molar-refractivity contribution in [1.29, 1.82) is 0 Å². The van der Waals surface area contributed by atoms with Crippen LogP contribution in [0.15, 0.2) is 65.0 Å². The van der Waals surface area contributed by atoms with Crippen LogP contribution in [-0.4, -0.2) is 37.2 Å². The highest BCUT2D eigenvalue weighted by Crippen LogP contribution is 2.18. The van der Waals surface area contributed by atoms with Gasteiger partial charge in [0.25, 0.3) is 11.5 Å². The average Bonchev–Trinajstić information content (AvgIpc) is 3.45. The predicted octanol–water partition coefficient (Wildman–Crippen LogP) is 3.79. The van der Waals surface area contributed by atoms with Crippen molar-refractivity contribution in [3.8, 4) is 5.75 Å². The van der Waals surface area contributed by atoms with E-state index in [4.69, 9.17) is 4.74 Å². The molecule has 0 radical (unpaired) electrons. The van der Waals surface area contributed by atoms with Crippen molar-refractivity contribution in [2.24, 2.45) is 0 Å². The molecule has 0 saturated heterocycles. The van der Waals surface area contributed by atoms with Gasteiger partial charge < -0.3 is 19.0 Å². The first kappa shape index (κ1) is 20.9. The zero-order valence-corrected chi connectivity index (χ0v) is 18.9. The van der Waals surface area contributed by atoms with Crippen molar-refractivity contribution in [1.82, 2.24) is 24.3 Å². The lowest BCUT2D eigenvalue weighted by Crippen LogP contribution is -2.28. The summed E-state index contributed by atoms with van der Waals surface area (Å²) >= 11 is 1.35. The topological polar surface area (TPSA) is 92.6 Å². The Balaban J connectivity index is 1.23. The van der Waals surface area contributed by atoms with E-state index in [0.717, 1.165) is 16.9 Å². The molecular weight excluding hydrogens is 438 g/mol. The van der Waals surface area contributed by atoms with Gasteiger partial charge in [-0.15, -0.1) is 11.3 Å². The SMILES string of the molecule is Cc1cccn2cc(COc3ccc(C(=O)N(C)Cc4nc5ccsc5c(=O)[nH]4)cc3)nc12. The Morgan fingerprint density at radius 2 is 2.00 bits per heavy atom. The molecule has 0 unspecified atom stereocenters. The molecule has 166 valence electrons. The van der Waals surface area contributed by atoms with Crippen molar-refractivity contribution >= 4 is 33.1 Å². The Labute approximate surface area is 193 Å². The summed E-state index contributed by atoms with van der Waals surface area (Å²) < 4.78 is 8.41. The number of hydrogen-bond acceptors (Lipinski definition) is 6. The van der Waals surface area contributed by atoms with Crippen LogP contribution in [0.1, 0.15) is 27.4 Å². The van der Waals surface area contributed by atoms with Crippen LogP contribution in [0.4, 0.5) is 0 Å². The highest BCUT2D eigenvalue weighted by molar-refractivity contribution is 7.17. The number of imidazole rings is 1. The molecule has 1 N–H and O–H groups in total. The fourth-order valence-electron chi connectivity index (χ4n) is 3.64. The van der Waals surface area contributed by atoms with Gasteiger partial charge >= 0.3 is 0 Å². The summed E-state index contributed by atoms with van der Waals surface area (Å²) in [5.74, 6) is 0.923. The number of rotatable bonds is 6. The number of aryl methyl sites for hydroxylation is 1. The minimum atomic E-state index is -0.187. The van der Waals surface area contributed by atoms with E-state index in [-0.39, 0.29) is 18.0 Å². The lowest BCUT2D eigenvalue weighted by molar-refractivity contribution is 0.0781. The number of carbonyl (C=O) groups excluding carboxylic acids is 1. The molecule has 4 aromatic heterocycles. The van der Waals surface area contributed by atoms with Gasteiger partial charge in [0.1, 0.15) is 28.5 Å². The number of hydrogen-bond donors (Lipinski definition) is 1. The van der Waals surface area contributed by atoms with E-state index >= 15 is 0 Å². The maximum atomic E-state index is 12.8. The van der Waals surface area contributed by atoms with Crippen LogP contribution in [0.5, 0.6) is 5.75 Å². The van der Waals surface area contributed by atoms with Crippen molar-refractivity contribution < 1.29 is 9.53 Å². The summed E-state index contributed by atoms with van der Waals surface area (Å²) in [6, 6.07) is 12.8. The summed E-state index contributed by atoms with van der Waals surface area (Å²) in [6.45, 7) is 2.55. The molecule has 4 heterocycles. The Kier molecular flexibility index (Phi) is 5.39. The number of H-pyrrole nitrogens is 1. The maximum Gasteiger partial charge on any atom is 0.268 e. The number of pyridine rings is 1. The molecule has 0 aliphatic rings. The number of thiophene rings is 1. The Morgan fingerprint density at radius 1 is 1.18 bits per heavy atom. The zero-order chi connectivity index (χ0) is 22.9. The van der Waals surface area contributed by atoms with Gasteiger partial charge in [-0.2, -0.15) is 0 Å². The summed E-state index contributed by atoms with van der Waals surface area (Å²) in [4.78, 5) is 38.3. The second-order valence-corrected chi connectivity index (χ2v) is 8.69. The molecule has 0 fully saturated rings. The third kappa shape index (κ3) is 4.22. The van der Waals surface area contributed by atoms with Crippen molar-refractivity contribution in [3.05, 3.63) is 93.2 Å². The second-order valence-electron chi connectivity index (χ2n) is 7.78. The molecule has 0 bridgehead atoms. The third-order valence-electron chi connectivity index (χ3n) is 5.31. The number of benzene rings is 1. The standard InChI is InChI=1S/C24H21N5O3S/c1-15-4-3-10-29-12-17(25-22(15)29)14-32-18-7-5-16(6-8-18)24(31)28(2)13-20-26-19-9-11-33-21(19)23(30)27-20/h3-12H,13-14H2,1-2H3,(H,26,27,30). The van der Waals surface area contributed by atoms with Crippen LogP contribution in [0.25, 0.3) is 15.9 Å². The first-order valence-corrected chi connectivity index (χ1v) is 11.2. The van der Waals surface area contributed by atoms with Crippen LogP contribution < -0.4 is 10.3 Å². The molecule has 0 spiro atoms. The van der Waals surface area contributed by atoms with Crippen molar-refractivity contribution in [2.75, 3.05) is 7.05 Å². The molecule has 8 nitrogen and oxygen atoms in total. The van der Waals surface area contributed by atoms with Gasteiger partial charge in [-0.05, 0) is 54.3 Å². The molecule has 9 heteroatoms. The smallest absolute Gasteiger partial charge is 0.268 e. The Morgan fingerprint density at radius 3 is 2.79 bits per heavy atom. The third-order valence-corrected chi connectivity index (χ3v) is 6.22. The summed E-state index contributed by atoms with van der Waals surface area (Å²) in [5, 5.41) is 1.82. The van der Waals surface area contributed by atoms with Gasteiger partial charge in [-0.25, -0.2) is 9.97 Å². The van der Waals surface area contributed by atoms with E-state index in [1.807, 2.05) is 41.2 Å². The van der Waals surface area contributed by atoms with Gasteiger partial charge in [0.15, 0.2) is 0 Å². The Hall–Kier alpha value is -3.98. The second kappa shape index (κ2) is 8.51. The predicted molar refractivity (Wildman–Crippen MR) is 127 cm³/mol. The van der Waals surface area contributed by atoms with E-state index in [1.54, 1.807) is 37.4 Å². The van der Waals surface area contributed by atoms with Gasteiger partial charge in [-0.3, -0.25) is 9.59 Å². The average molecular weight is 460 g/mol. The first-order valence-electron chi connectivity index (χ1n) is 10.4. The summed E-state index contributed by atoms with van der Waals surface area (Å²) in [7, 11) is 1.68. The minimum absolute atomic E-state index is 0.176. The van der Waals surface area contributed by atoms with Crippen LogP contribution in [0.2, 0.25) is 0 Å². The molecule has 0 aliphatic heterocycles. The van der Waals surface area contributed by atoms with Crippen LogP contribution in [-0.2, 0) is 13.2 Å². The minimum Gasteiger partial charge on any atom is -0.487 e. The lowest BCUT2D eigenvalue weighted by Gasteiger charge is -2.17. The normalized spacial score (nSPS) is 11.2. The summed E-state index contributed by atoms with van der Waals surface area (Å²) in [5.41, 5.74) is 3.81. The summed E-state index contributed by atoms with van der Waals surface area (Å²) in [6.07, 6.45) is 3.90. The molecule has 5 rings (SSSR count). The fourth-order valence-corrected chi connectivity index (χ4v) is 4.36. The van der Waals surface area contributed by atoms with Crippen LogP contribution in [0.3, 0.4) is 0 Å². The molecule has 33 heavy (non-hydrogen) atoms. The number of carbonyl (C=O) groups is 1. The van der Waals surface area contributed by atoms with Gasteiger partial charge in [0, 0.05) is 25.0 Å². The van der Waals surface area contributed by atoms with E-state index in [1.165, 1.54) is 16.2 Å². The highest BCUT2D eigenvalue weighted by Gasteiger charge is 2.15. The quantitative estimate of drug-likeness (QED) is 0.417. The lowest BCUT2D eigenvalue weighted by atomic mass is 10.2. The number of nitrogens with one attached hydrogen (secondary N) is 1. The van der Waals surface area contributed by atoms with Gasteiger partial charge in [0.2, 0.25) is 0 Å². The highest BCUT2D eigenvalue weighted by atomic mass is 32.1. The molecule has 0 aliphatic carbocycles. The molecule has 0 saturated carbocycles. The van der Waals surface area contributed by atoms with E-state index < -0.39 is 0 Å². The number of nitrogens with zero attached hydrogens (tertiary/aromatic N) is 4. The molecule has 0 atom stereocenters. The first-order chi connectivity index (χ1) is 16.0. The molecule has 1 aromatic carbocycles. The molecule has 1 amide bonds. The van der Waals surface area contributed by atoms with Crippen LogP contribution in [0, 0.1) is 6.92 Å². The monoisotopic (exact) mass is 459 g/mol. The number of amides is 1. The number of fused-ring (bicyclic) bond motifs is 2. The number of aromatic nitrogens is 4. The van der Waals surface area contributed by atoms with Crippen LogP contribution >= 0.6 is 11.3 Å². The largest absolute Gasteiger partial charge is 0.487 e. The molecule has 5 aromatic rings. The van der Waals surface area contributed by atoms with Crippen molar-refractivity contribution in [3.63, 3.8) is 0 Å².